The Hall–Kier alpha value is -2.96. The first-order valence-corrected chi connectivity index (χ1v) is 10.5. The first-order chi connectivity index (χ1) is 13.6. The lowest BCUT2D eigenvalue weighted by atomic mass is 10.1. The van der Waals surface area contributed by atoms with Crippen molar-refractivity contribution in [3.05, 3.63) is 95.5 Å². The van der Waals surface area contributed by atoms with Crippen molar-refractivity contribution in [3.8, 4) is 11.3 Å². The van der Waals surface area contributed by atoms with E-state index in [1.807, 2.05) is 30.3 Å². The standard InChI is InChI=1S/C21H16ClN3O2S/c22-18-13-11-17(12-14-18)20-21(28(26,27)19-9-5-2-6-10-19)23-24-25(20)15-16-7-3-1-4-8-16/h1-14H,15H2. The monoisotopic (exact) mass is 409 g/mol. The summed E-state index contributed by atoms with van der Waals surface area (Å²) in [6.07, 6.45) is 0. The summed E-state index contributed by atoms with van der Waals surface area (Å²) in [5.74, 6) is 0. The van der Waals surface area contributed by atoms with Crippen molar-refractivity contribution < 1.29 is 8.42 Å². The summed E-state index contributed by atoms with van der Waals surface area (Å²) in [6.45, 7) is 0.399. The normalized spacial score (nSPS) is 11.5. The Bertz CT molecular complexity index is 1190. The van der Waals surface area contributed by atoms with Crippen molar-refractivity contribution in [2.75, 3.05) is 0 Å². The average Bonchev–Trinajstić information content (AvgIpc) is 3.14. The van der Waals surface area contributed by atoms with E-state index in [0.29, 0.717) is 22.8 Å². The zero-order chi connectivity index (χ0) is 19.6. The van der Waals surface area contributed by atoms with Crippen LogP contribution in [0.3, 0.4) is 0 Å². The highest BCUT2D eigenvalue weighted by Crippen LogP contribution is 2.31. The molecule has 0 bridgehead atoms. The fourth-order valence-electron chi connectivity index (χ4n) is 2.94. The highest BCUT2D eigenvalue weighted by Gasteiger charge is 2.28. The van der Waals surface area contributed by atoms with Gasteiger partial charge in [-0.2, -0.15) is 0 Å². The Morgan fingerprint density at radius 2 is 1.43 bits per heavy atom. The molecule has 0 radical (unpaired) electrons. The van der Waals surface area contributed by atoms with Gasteiger partial charge < -0.3 is 0 Å². The lowest BCUT2D eigenvalue weighted by Gasteiger charge is -2.09. The second-order valence-corrected chi connectivity index (χ2v) is 8.51. The third kappa shape index (κ3) is 3.56. The number of halogens is 1. The Morgan fingerprint density at radius 1 is 0.821 bits per heavy atom. The predicted octanol–water partition coefficient (Wildman–Crippen LogP) is 4.48. The molecule has 0 aliphatic rings. The first-order valence-electron chi connectivity index (χ1n) is 8.59. The molecule has 0 spiro atoms. The highest BCUT2D eigenvalue weighted by molar-refractivity contribution is 7.91. The van der Waals surface area contributed by atoms with Crippen LogP contribution in [0.2, 0.25) is 5.02 Å². The molecule has 0 fully saturated rings. The summed E-state index contributed by atoms with van der Waals surface area (Å²) in [4.78, 5) is 0.178. The van der Waals surface area contributed by atoms with E-state index < -0.39 is 9.84 Å². The van der Waals surface area contributed by atoms with E-state index in [2.05, 4.69) is 10.3 Å². The molecule has 0 saturated carbocycles. The molecule has 0 unspecified atom stereocenters. The van der Waals surface area contributed by atoms with E-state index in [1.165, 1.54) is 0 Å². The molecule has 0 saturated heterocycles. The van der Waals surface area contributed by atoms with Gasteiger partial charge >= 0.3 is 0 Å². The van der Waals surface area contributed by atoms with Gasteiger partial charge in [-0.3, -0.25) is 0 Å². The molecule has 0 amide bonds. The third-order valence-corrected chi connectivity index (χ3v) is 6.23. The van der Waals surface area contributed by atoms with Gasteiger partial charge in [0.15, 0.2) is 0 Å². The lowest BCUT2D eigenvalue weighted by molar-refractivity contribution is 0.592. The van der Waals surface area contributed by atoms with Gasteiger partial charge in [0, 0.05) is 10.6 Å². The van der Waals surface area contributed by atoms with Crippen LogP contribution < -0.4 is 0 Å². The Labute approximate surface area is 168 Å². The molecule has 5 nitrogen and oxygen atoms in total. The van der Waals surface area contributed by atoms with Gasteiger partial charge in [-0.25, -0.2) is 13.1 Å². The molecular formula is C21H16ClN3O2S. The zero-order valence-electron chi connectivity index (χ0n) is 14.7. The molecule has 0 aliphatic heterocycles. The van der Waals surface area contributed by atoms with Crippen molar-refractivity contribution in [3.63, 3.8) is 0 Å². The molecule has 0 aliphatic carbocycles. The van der Waals surface area contributed by atoms with Crippen molar-refractivity contribution in [1.29, 1.82) is 0 Å². The maximum Gasteiger partial charge on any atom is 0.227 e. The zero-order valence-corrected chi connectivity index (χ0v) is 16.3. The third-order valence-electron chi connectivity index (χ3n) is 4.31. The van der Waals surface area contributed by atoms with Gasteiger partial charge in [-0.15, -0.1) is 5.10 Å². The first kappa shape index (κ1) is 18.4. The molecule has 140 valence electrons. The molecule has 7 heteroatoms. The van der Waals surface area contributed by atoms with Gasteiger partial charge in [0.25, 0.3) is 0 Å². The van der Waals surface area contributed by atoms with E-state index >= 15 is 0 Å². The predicted molar refractivity (Wildman–Crippen MR) is 108 cm³/mol. The van der Waals surface area contributed by atoms with Crippen LogP contribution in [0.4, 0.5) is 0 Å². The van der Waals surface area contributed by atoms with Crippen molar-refractivity contribution in [2.24, 2.45) is 0 Å². The summed E-state index contributed by atoms with van der Waals surface area (Å²) in [6, 6.07) is 24.9. The molecule has 1 aromatic heterocycles. The van der Waals surface area contributed by atoms with E-state index in [0.717, 1.165) is 5.56 Å². The smallest absolute Gasteiger partial charge is 0.227 e. The number of sulfone groups is 1. The minimum atomic E-state index is -3.83. The molecule has 4 rings (SSSR count). The van der Waals surface area contributed by atoms with E-state index in [1.54, 1.807) is 59.3 Å². The van der Waals surface area contributed by atoms with Gasteiger partial charge in [0.2, 0.25) is 14.9 Å². The van der Waals surface area contributed by atoms with Gasteiger partial charge in [0.05, 0.1) is 11.4 Å². The summed E-state index contributed by atoms with van der Waals surface area (Å²) in [7, 11) is -3.83. The van der Waals surface area contributed by atoms with Crippen LogP contribution in [0.1, 0.15) is 5.56 Å². The number of hydrogen-bond acceptors (Lipinski definition) is 4. The van der Waals surface area contributed by atoms with Crippen LogP contribution >= 0.6 is 11.6 Å². The molecule has 4 aromatic rings. The Balaban J connectivity index is 1.88. The topological polar surface area (TPSA) is 64.8 Å². The molecule has 3 aromatic carbocycles. The number of hydrogen-bond donors (Lipinski definition) is 0. The molecule has 0 N–H and O–H groups in total. The van der Waals surface area contributed by atoms with Crippen LogP contribution in [-0.2, 0) is 16.4 Å². The fraction of sp³-hybridized carbons (Fsp3) is 0.0476. The summed E-state index contributed by atoms with van der Waals surface area (Å²) in [5, 5.41) is 8.70. The molecule has 1 heterocycles. The Morgan fingerprint density at radius 3 is 2.07 bits per heavy atom. The minimum Gasteiger partial charge on any atom is -0.239 e. The minimum absolute atomic E-state index is 0.0723. The maximum atomic E-state index is 13.2. The second kappa shape index (κ2) is 7.58. The maximum absolute atomic E-state index is 13.2. The van der Waals surface area contributed by atoms with Crippen LogP contribution in [0.25, 0.3) is 11.3 Å². The van der Waals surface area contributed by atoms with Gasteiger partial charge in [-0.05, 0) is 29.8 Å². The molecule has 0 atom stereocenters. The Kier molecular flexibility index (Phi) is 4.98. The van der Waals surface area contributed by atoms with Crippen LogP contribution in [0, 0.1) is 0 Å². The number of aromatic nitrogens is 3. The molecular weight excluding hydrogens is 394 g/mol. The second-order valence-electron chi connectivity index (χ2n) is 6.21. The fourth-order valence-corrected chi connectivity index (χ4v) is 4.42. The highest BCUT2D eigenvalue weighted by atomic mass is 35.5. The summed E-state index contributed by atoms with van der Waals surface area (Å²) in [5.41, 5.74) is 2.11. The van der Waals surface area contributed by atoms with Crippen molar-refractivity contribution in [2.45, 2.75) is 16.5 Å². The summed E-state index contributed by atoms with van der Waals surface area (Å²) < 4.78 is 28.0. The number of benzene rings is 3. The largest absolute Gasteiger partial charge is 0.239 e. The van der Waals surface area contributed by atoms with Gasteiger partial charge in [0.1, 0.15) is 5.69 Å². The summed E-state index contributed by atoms with van der Waals surface area (Å²) >= 11 is 6.01. The van der Waals surface area contributed by atoms with E-state index in [4.69, 9.17) is 11.6 Å². The number of nitrogens with zero attached hydrogens (tertiary/aromatic N) is 3. The molecule has 28 heavy (non-hydrogen) atoms. The van der Waals surface area contributed by atoms with E-state index in [-0.39, 0.29) is 9.92 Å². The van der Waals surface area contributed by atoms with Crippen molar-refractivity contribution >= 4 is 21.4 Å². The quantitative estimate of drug-likeness (QED) is 0.487. The van der Waals surface area contributed by atoms with Crippen LogP contribution in [0.5, 0.6) is 0 Å². The average molecular weight is 410 g/mol. The van der Waals surface area contributed by atoms with Crippen molar-refractivity contribution in [1.82, 2.24) is 15.0 Å². The van der Waals surface area contributed by atoms with E-state index in [9.17, 15) is 8.42 Å². The lowest BCUT2D eigenvalue weighted by Crippen LogP contribution is -2.07. The SMILES string of the molecule is O=S(=O)(c1ccccc1)c1nnn(Cc2ccccc2)c1-c1ccc(Cl)cc1. The van der Waals surface area contributed by atoms with Crippen LogP contribution in [0.15, 0.2) is 94.9 Å². The van der Waals surface area contributed by atoms with Gasteiger partial charge in [-0.1, -0.05) is 77.5 Å². The van der Waals surface area contributed by atoms with Crippen LogP contribution in [-0.4, -0.2) is 23.4 Å². The number of rotatable bonds is 5.